The van der Waals surface area contributed by atoms with Crippen LogP contribution >= 0.6 is 0 Å². The normalized spacial score (nSPS) is 16.6. The molecule has 0 saturated carbocycles. The number of ketones is 1. The minimum absolute atomic E-state index is 0.239. The molecule has 1 fully saturated rings. The van der Waals surface area contributed by atoms with Crippen LogP contribution in [0.25, 0.3) is 0 Å². The summed E-state index contributed by atoms with van der Waals surface area (Å²) in [7, 11) is 0. The Morgan fingerprint density at radius 3 is 2.62 bits per heavy atom. The van der Waals surface area contributed by atoms with Gasteiger partial charge in [0.1, 0.15) is 0 Å². The number of Topliss-reactive ketones (excluding diaryl/α,β-unsaturated/α-hetero) is 1. The zero-order chi connectivity index (χ0) is 9.84. The second-order valence-corrected chi connectivity index (χ2v) is 3.54. The van der Waals surface area contributed by atoms with Gasteiger partial charge in [0.15, 0.2) is 0 Å². The molecule has 0 unspecified atom stereocenters. The average molecular weight is 181 g/mol. The monoisotopic (exact) mass is 181 g/mol. The summed E-state index contributed by atoms with van der Waals surface area (Å²) in [6.07, 6.45) is 3.32. The highest BCUT2D eigenvalue weighted by atomic mass is 16.2. The highest BCUT2D eigenvalue weighted by molar-refractivity contribution is 6.37. The van der Waals surface area contributed by atoms with E-state index < -0.39 is 0 Å². The molecule has 3 heteroatoms. The van der Waals surface area contributed by atoms with Gasteiger partial charge in [0.25, 0.3) is 5.91 Å². The van der Waals surface area contributed by atoms with E-state index in [0.717, 1.165) is 6.42 Å². The molecule has 1 saturated heterocycles. The third-order valence-corrected chi connectivity index (χ3v) is 2.09. The van der Waals surface area contributed by atoms with E-state index in [2.05, 4.69) is 6.08 Å². The van der Waals surface area contributed by atoms with Crippen molar-refractivity contribution >= 4 is 11.7 Å². The molecule has 1 heterocycles. The molecule has 3 nitrogen and oxygen atoms in total. The average Bonchev–Trinajstić information content (AvgIpc) is 2.35. The standard InChI is InChI=1S/C10H15NO2/c1-8(2)4-3-6-11-7-5-9(12)10(11)13/h4H,3,5-7H2,1-2H3. The SMILES string of the molecule is CC(C)=CCCN1CCC(=O)C1=O. The van der Waals surface area contributed by atoms with Crippen LogP contribution in [0.4, 0.5) is 0 Å². The number of carbonyl (C=O) groups excluding carboxylic acids is 2. The third kappa shape index (κ3) is 2.68. The zero-order valence-electron chi connectivity index (χ0n) is 8.17. The Morgan fingerprint density at radius 2 is 2.15 bits per heavy atom. The maximum absolute atomic E-state index is 11.1. The quantitative estimate of drug-likeness (QED) is 0.483. The summed E-state index contributed by atoms with van der Waals surface area (Å²) in [6, 6.07) is 0. The zero-order valence-corrected chi connectivity index (χ0v) is 8.17. The first-order valence-corrected chi connectivity index (χ1v) is 4.56. The van der Waals surface area contributed by atoms with Gasteiger partial charge in [-0.05, 0) is 20.3 Å². The van der Waals surface area contributed by atoms with Gasteiger partial charge >= 0.3 is 0 Å². The Bertz CT molecular complexity index is 252. The molecule has 0 atom stereocenters. The summed E-state index contributed by atoms with van der Waals surface area (Å²) in [5, 5.41) is 0. The van der Waals surface area contributed by atoms with E-state index in [4.69, 9.17) is 0 Å². The maximum Gasteiger partial charge on any atom is 0.290 e. The van der Waals surface area contributed by atoms with Crippen LogP contribution in [0.3, 0.4) is 0 Å². The number of nitrogens with zero attached hydrogens (tertiary/aromatic N) is 1. The Hall–Kier alpha value is -1.12. The first-order valence-electron chi connectivity index (χ1n) is 4.56. The lowest BCUT2D eigenvalue weighted by atomic mass is 10.2. The lowest BCUT2D eigenvalue weighted by molar-refractivity contribution is -0.139. The second-order valence-electron chi connectivity index (χ2n) is 3.54. The van der Waals surface area contributed by atoms with Gasteiger partial charge in [-0.15, -0.1) is 0 Å². The highest BCUT2D eigenvalue weighted by Crippen LogP contribution is 2.07. The van der Waals surface area contributed by atoms with Crippen molar-refractivity contribution in [3.05, 3.63) is 11.6 Å². The Kier molecular flexibility index (Phi) is 3.23. The predicted molar refractivity (Wildman–Crippen MR) is 50.3 cm³/mol. The molecule has 0 aliphatic carbocycles. The number of carbonyl (C=O) groups is 2. The van der Waals surface area contributed by atoms with Crippen LogP contribution in [0.2, 0.25) is 0 Å². The van der Waals surface area contributed by atoms with E-state index in [1.807, 2.05) is 13.8 Å². The molecule has 0 aromatic rings. The molecule has 1 rings (SSSR count). The van der Waals surface area contributed by atoms with Gasteiger partial charge in [-0.25, -0.2) is 0 Å². The molecular formula is C10H15NO2. The van der Waals surface area contributed by atoms with Crippen LogP contribution in [0.5, 0.6) is 0 Å². The van der Waals surface area contributed by atoms with Crippen LogP contribution in [0.1, 0.15) is 26.7 Å². The van der Waals surface area contributed by atoms with Gasteiger partial charge in [-0.2, -0.15) is 0 Å². The fraction of sp³-hybridized carbons (Fsp3) is 0.600. The van der Waals surface area contributed by atoms with Gasteiger partial charge in [-0.3, -0.25) is 9.59 Å². The molecule has 72 valence electrons. The summed E-state index contributed by atoms with van der Waals surface area (Å²) in [5.74, 6) is -0.542. The van der Waals surface area contributed by atoms with Crippen molar-refractivity contribution in [3.8, 4) is 0 Å². The molecule has 0 radical (unpaired) electrons. The van der Waals surface area contributed by atoms with Gasteiger partial charge in [0.2, 0.25) is 5.78 Å². The van der Waals surface area contributed by atoms with Crippen molar-refractivity contribution in [2.75, 3.05) is 13.1 Å². The lowest BCUT2D eigenvalue weighted by Gasteiger charge is -2.12. The van der Waals surface area contributed by atoms with Gasteiger partial charge in [0, 0.05) is 19.5 Å². The topological polar surface area (TPSA) is 37.4 Å². The molecular weight excluding hydrogens is 166 g/mol. The van der Waals surface area contributed by atoms with Gasteiger partial charge < -0.3 is 4.90 Å². The Labute approximate surface area is 78.4 Å². The Balaban J connectivity index is 2.35. The van der Waals surface area contributed by atoms with Crippen LogP contribution in [-0.4, -0.2) is 29.7 Å². The van der Waals surface area contributed by atoms with Crippen molar-refractivity contribution in [3.63, 3.8) is 0 Å². The minimum Gasteiger partial charge on any atom is -0.335 e. The van der Waals surface area contributed by atoms with Crippen LogP contribution < -0.4 is 0 Å². The fourth-order valence-electron chi connectivity index (χ4n) is 1.34. The molecule has 0 aromatic carbocycles. The predicted octanol–water partition coefficient (Wildman–Crippen LogP) is 1.14. The number of hydrogen-bond donors (Lipinski definition) is 0. The van der Waals surface area contributed by atoms with E-state index in [1.165, 1.54) is 5.57 Å². The summed E-state index contributed by atoms with van der Waals surface area (Å²) >= 11 is 0. The van der Waals surface area contributed by atoms with E-state index >= 15 is 0 Å². The van der Waals surface area contributed by atoms with Gasteiger partial charge in [-0.1, -0.05) is 11.6 Å². The molecule has 0 bridgehead atoms. The van der Waals surface area contributed by atoms with E-state index in [-0.39, 0.29) is 11.7 Å². The maximum atomic E-state index is 11.1. The van der Waals surface area contributed by atoms with Crippen LogP contribution in [0.15, 0.2) is 11.6 Å². The summed E-state index contributed by atoms with van der Waals surface area (Å²) in [4.78, 5) is 23.6. The number of hydrogen-bond acceptors (Lipinski definition) is 2. The third-order valence-electron chi connectivity index (χ3n) is 2.09. The molecule has 1 amide bonds. The largest absolute Gasteiger partial charge is 0.335 e. The van der Waals surface area contributed by atoms with Crippen LogP contribution in [-0.2, 0) is 9.59 Å². The lowest BCUT2D eigenvalue weighted by Crippen LogP contribution is -2.28. The molecule has 1 aliphatic heterocycles. The van der Waals surface area contributed by atoms with E-state index in [9.17, 15) is 9.59 Å². The van der Waals surface area contributed by atoms with Crippen molar-refractivity contribution in [2.24, 2.45) is 0 Å². The number of amides is 1. The fourth-order valence-corrected chi connectivity index (χ4v) is 1.34. The molecule has 1 aliphatic rings. The van der Waals surface area contributed by atoms with E-state index in [1.54, 1.807) is 4.90 Å². The van der Waals surface area contributed by atoms with Gasteiger partial charge in [0.05, 0.1) is 0 Å². The van der Waals surface area contributed by atoms with Crippen molar-refractivity contribution < 1.29 is 9.59 Å². The molecule has 0 spiro atoms. The molecule has 0 N–H and O–H groups in total. The first kappa shape index (κ1) is 9.96. The van der Waals surface area contributed by atoms with Crippen molar-refractivity contribution in [1.82, 2.24) is 4.90 Å². The van der Waals surface area contributed by atoms with Crippen molar-refractivity contribution in [2.45, 2.75) is 26.7 Å². The number of allylic oxidation sites excluding steroid dienone is 1. The van der Waals surface area contributed by atoms with Crippen molar-refractivity contribution in [1.29, 1.82) is 0 Å². The summed E-state index contributed by atoms with van der Waals surface area (Å²) in [5.41, 5.74) is 1.25. The van der Waals surface area contributed by atoms with E-state index in [0.29, 0.717) is 19.5 Å². The molecule has 0 aromatic heterocycles. The summed E-state index contributed by atoms with van der Waals surface area (Å²) < 4.78 is 0. The molecule has 13 heavy (non-hydrogen) atoms. The van der Waals surface area contributed by atoms with Crippen LogP contribution in [0, 0.1) is 0 Å². The number of rotatable bonds is 3. The first-order chi connectivity index (χ1) is 6.11. The highest BCUT2D eigenvalue weighted by Gasteiger charge is 2.27. The second kappa shape index (κ2) is 4.21. The smallest absolute Gasteiger partial charge is 0.290 e. The summed E-state index contributed by atoms with van der Waals surface area (Å²) in [6.45, 7) is 5.33. The Morgan fingerprint density at radius 1 is 1.46 bits per heavy atom. The number of likely N-dealkylation sites (tertiary alicyclic amines) is 1. The minimum atomic E-state index is -0.304.